The van der Waals surface area contributed by atoms with Crippen LogP contribution in [0.2, 0.25) is 0 Å². The third-order valence-corrected chi connectivity index (χ3v) is 7.15. The molecule has 0 aliphatic carbocycles. The molecule has 8 heteroatoms. The molecule has 1 spiro atoms. The monoisotopic (exact) mass is 442 g/mol. The first kappa shape index (κ1) is 22.6. The van der Waals surface area contributed by atoms with Crippen LogP contribution in [0.1, 0.15) is 49.4 Å². The average molecular weight is 443 g/mol. The Kier molecular flexibility index (Phi) is 6.69. The second-order valence-electron chi connectivity index (χ2n) is 9.24. The molecule has 4 rings (SSSR count). The SMILES string of the molecule is CCCN1CCC2(CC1)NC(=O)N(CC1CCN(C(=O)c3cccc(OC)c3)CC1)C2=O. The zero-order valence-corrected chi connectivity index (χ0v) is 19.1. The lowest BCUT2D eigenvalue weighted by atomic mass is 9.87. The Hall–Kier alpha value is -2.61. The predicted octanol–water partition coefficient (Wildman–Crippen LogP) is 2.34. The standard InChI is InChI=1S/C24H34N4O4/c1-3-11-26-14-9-24(10-15-26)22(30)28(23(31)25-24)17-18-7-12-27(13-8-18)21(29)19-5-4-6-20(16-19)32-2/h4-6,16,18H,3,7-15,17H2,1-2H3,(H,25,31). The third kappa shape index (κ3) is 4.46. The van der Waals surface area contributed by atoms with Crippen molar-refractivity contribution in [3.63, 3.8) is 0 Å². The number of hydrogen-bond acceptors (Lipinski definition) is 5. The summed E-state index contributed by atoms with van der Waals surface area (Å²) in [5.74, 6) is 0.816. The van der Waals surface area contributed by atoms with Crippen molar-refractivity contribution in [2.75, 3.05) is 46.4 Å². The molecule has 1 N–H and O–H groups in total. The van der Waals surface area contributed by atoms with Crippen molar-refractivity contribution in [2.45, 2.75) is 44.6 Å². The van der Waals surface area contributed by atoms with Gasteiger partial charge in [-0.2, -0.15) is 0 Å². The number of benzene rings is 1. The number of nitrogens with zero attached hydrogens (tertiary/aromatic N) is 3. The van der Waals surface area contributed by atoms with E-state index >= 15 is 0 Å². The van der Waals surface area contributed by atoms with Gasteiger partial charge < -0.3 is 19.9 Å². The number of imide groups is 1. The lowest BCUT2D eigenvalue weighted by Gasteiger charge is -2.37. The lowest BCUT2D eigenvalue weighted by molar-refractivity contribution is -0.133. The molecule has 174 valence electrons. The first-order valence-corrected chi connectivity index (χ1v) is 11.8. The Morgan fingerprint density at radius 3 is 2.53 bits per heavy atom. The van der Waals surface area contributed by atoms with Crippen LogP contribution < -0.4 is 10.1 Å². The van der Waals surface area contributed by atoms with Crippen molar-refractivity contribution < 1.29 is 19.1 Å². The molecule has 0 unspecified atom stereocenters. The first-order valence-electron chi connectivity index (χ1n) is 11.8. The largest absolute Gasteiger partial charge is 0.497 e. The highest BCUT2D eigenvalue weighted by Gasteiger charge is 2.52. The number of hydrogen-bond donors (Lipinski definition) is 1. The van der Waals surface area contributed by atoms with Crippen molar-refractivity contribution in [1.82, 2.24) is 20.0 Å². The number of urea groups is 1. The summed E-state index contributed by atoms with van der Waals surface area (Å²) in [6.45, 7) is 6.57. The van der Waals surface area contributed by atoms with Crippen LogP contribution in [0.5, 0.6) is 5.75 Å². The molecule has 1 aromatic carbocycles. The van der Waals surface area contributed by atoms with E-state index in [1.54, 1.807) is 19.2 Å². The van der Waals surface area contributed by atoms with Crippen LogP contribution >= 0.6 is 0 Å². The van der Waals surface area contributed by atoms with Crippen LogP contribution in [-0.2, 0) is 4.79 Å². The van der Waals surface area contributed by atoms with Gasteiger partial charge in [0, 0.05) is 38.3 Å². The van der Waals surface area contributed by atoms with E-state index in [9.17, 15) is 14.4 Å². The molecule has 1 aromatic rings. The van der Waals surface area contributed by atoms with E-state index < -0.39 is 5.54 Å². The van der Waals surface area contributed by atoms with Gasteiger partial charge in [0.2, 0.25) is 0 Å². The molecule has 8 nitrogen and oxygen atoms in total. The molecule has 0 atom stereocenters. The summed E-state index contributed by atoms with van der Waals surface area (Å²) in [4.78, 5) is 44.3. The van der Waals surface area contributed by atoms with Crippen LogP contribution in [0, 0.1) is 5.92 Å². The Balaban J connectivity index is 1.31. The Bertz CT molecular complexity index is 857. The summed E-state index contributed by atoms with van der Waals surface area (Å²) >= 11 is 0. The number of ether oxygens (including phenoxy) is 1. The summed E-state index contributed by atoms with van der Waals surface area (Å²) in [6.07, 6.45) is 4.02. The van der Waals surface area contributed by atoms with Crippen LogP contribution in [0.3, 0.4) is 0 Å². The van der Waals surface area contributed by atoms with Crippen molar-refractivity contribution >= 4 is 17.8 Å². The molecule has 0 aromatic heterocycles. The van der Waals surface area contributed by atoms with Gasteiger partial charge in [0.05, 0.1) is 7.11 Å². The van der Waals surface area contributed by atoms with Gasteiger partial charge in [0.1, 0.15) is 11.3 Å². The van der Waals surface area contributed by atoms with Crippen LogP contribution in [-0.4, -0.2) is 84.5 Å². The Morgan fingerprint density at radius 1 is 1.16 bits per heavy atom. The van der Waals surface area contributed by atoms with Gasteiger partial charge in [-0.3, -0.25) is 14.5 Å². The molecule has 32 heavy (non-hydrogen) atoms. The van der Waals surface area contributed by atoms with Crippen LogP contribution in [0.25, 0.3) is 0 Å². The van der Waals surface area contributed by atoms with E-state index in [1.165, 1.54) is 4.90 Å². The maximum atomic E-state index is 13.2. The van der Waals surface area contributed by atoms with Gasteiger partial charge >= 0.3 is 6.03 Å². The molecule has 3 aliphatic heterocycles. The smallest absolute Gasteiger partial charge is 0.325 e. The van der Waals surface area contributed by atoms with Gasteiger partial charge in [-0.25, -0.2) is 4.79 Å². The van der Waals surface area contributed by atoms with Gasteiger partial charge in [0.25, 0.3) is 11.8 Å². The molecule has 3 fully saturated rings. The van der Waals surface area contributed by atoms with Gasteiger partial charge in [0.15, 0.2) is 0 Å². The number of amides is 4. The normalized spacial score (nSPS) is 21.8. The number of carbonyl (C=O) groups excluding carboxylic acids is 3. The fourth-order valence-corrected chi connectivity index (χ4v) is 5.17. The van der Waals surface area contributed by atoms with Crippen molar-refractivity contribution in [3.8, 4) is 5.75 Å². The van der Waals surface area contributed by atoms with E-state index in [2.05, 4.69) is 17.1 Å². The van der Waals surface area contributed by atoms with E-state index in [4.69, 9.17) is 4.74 Å². The Labute approximate surface area is 189 Å². The first-order chi connectivity index (χ1) is 15.5. The molecule has 3 aliphatic rings. The topological polar surface area (TPSA) is 82.2 Å². The summed E-state index contributed by atoms with van der Waals surface area (Å²) in [7, 11) is 1.59. The number of likely N-dealkylation sites (tertiary alicyclic amines) is 2. The second kappa shape index (κ2) is 9.48. The van der Waals surface area contributed by atoms with Crippen molar-refractivity contribution in [1.29, 1.82) is 0 Å². The van der Waals surface area contributed by atoms with Crippen molar-refractivity contribution in [3.05, 3.63) is 29.8 Å². The van der Waals surface area contributed by atoms with Gasteiger partial charge in [-0.05, 0) is 62.8 Å². The predicted molar refractivity (Wildman–Crippen MR) is 121 cm³/mol. The van der Waals surface area contributed by atoms with Gasteiger partial charge in [-0.1, -0.05) is 13.0 Å². The molecule has 0 radical (unpaired) electrons. The molecule has 3 heterocycles. The maximum Gasteiger partial charge on any atom is 0.325 e. The number of methoxy groups -OCH3 is 1. The zero-order chi connectivity index (χ0) is 22.7. The Morgan fingerprint density at radius 2 is 1.88 bits per heavy atom. The average Bonchev–Trinajstić information content (AvgIpc) is 3.05. The highest BCUT2D eigenvalue weighted by Crippen LogP contribution is 2.31. The fourth-order valence-electron chi connectivity index (χ4n) is 5.17. The number of piperidine rings is 2. The zero-order valence-electron chi connectivity index (χ0n) is 19.1. The van der Waals surface area contributed by atoms with Crippen molar-refractivity contribution in [2.24, 2.45) is 5.92 Å². The van der Waals surface area contributed by atoms with E-state index in [0.717, 1.165) is 38.9 Å². The number of carbonyl (C=O) groups is 3. The summed E-state index contributed by atoms with van der Waals surface area (Å²) in [5.41, 5.74) is -0.0991. The van der Waals surface area contributed by atoms with Gasteiger partial charge in [-0.15, -0.1) is 0 Å². The molecule has 3 saturated heterocycles. The van der Waals surface area contributed by atoms with E-state index in [1.807, 2.05) is 17.0 Å². The molecule has 0 saturated carbocycles. The quantitative estimate of drug-likeness (QED) is 0.684. The minimum atomic E-state index is -0.718. The maximum absolute atomic E-state index is 13.2. The minimum absolute atomic E-state index is 0.00451. The third-order valence-electron chi connectivity index (χ3n) is 7.15. The molecule has 4 amide bonds. The van der Waals surface area contributed by atoms with Crippen LogP contribution in [0.4, 0.5) is 4.79 Å². The molecular formula is C24H34N4O4. The fraction of sp³-hybridized carbons (Fsp3) is 0.625. The van der Waals surface area contributed by atoms with E-state index in [0.29, 0.717) is 43.8 Å². The van der Waals surface area contributed by atoms with E-state index in [-0.39, 0.29) is 23.8 Å². The second-order valence-corrected chi connectivity index (χ2v) is 9.24. The summed E-state index contributed by atoms with van der Waals surface area (Å²) in [5, 5.41) is 3.02. The minimum Gasteiger partial charge on any atom is -0.497 e. The highest BCUT2D eigenvalue weighted by atomic mass is 16.5. The molecule has 0 bridgehead atoms. The number of rotatable bonds is 6. The lowest BCUT2D eigenvalue weighted by Crippen LogP contribution is -2.55. The molecular weight excluding hydrogens is 408 g/mol. The summed E-state index contributed by atoms with van der Waals surface area (Å²) in [6, 6.07) is 6.94. The highest BCUT2D eigenvalue weighted by molar-refractivity contribution is 6.07. The summed E-state index contributed by atoms with van der Waals surface area (Å²) < 4.78 is 5.22. The number of nitrogens with one attached hydrogen (secondary N) is 1. The van der Waals surface area contributed by atoms with Crippen LogP contribution in [0.15, 0.2) is 24.3 Å².